The molecule has 0 saturated carbocycles. The molecule has 0 fully saturated rings. The number of aliphatic hydroxyl groups excluding tert-OH is 1. The summed E-state index contributed by atoms with van der Waals surface area (Å²) in [6, 6.07) is 2.94. The van der Waals surface area contributed by atoms with Crippen LogP contribution in [0.4, 0.5) is 23.7 Å². The van der Waals surface area contributed by atoms with Crippen molar-refractivity contribution in [1.82, 2.24) is 0 Å². The lowest BCUT2D eigenvalue weighted by molar-refractivity contribution is -0.137. The van der Waals surface area contributed by atoms with Gasteiger partial charge >= 0.3 is 12.2 Å². The molecule has 0 aromatic heterocycles. The highest BCUT2D eigenvalue weighted by Crippen LogP contribution is 2.31. The summed E-state index contributed by atoms with van der Waals surface area (Å²) in [5.74, 6) is 0. The fourth-order valence-corrected chi connectivity index (χ4v) is 1.35. The highest BCUT2D eigenvalue weighted by atomic mass is 19.4. The Morgan fingerprint density at radius 1 is 1.24 bits per heavy atom. The molecule has 1 N–H and O–H groups in total. The Labute approximate surface area is 93.2 Å². The topological polar surface area (TPSA) is 65.3 Å². The van der Waals surface area contributed by atoms with Crippen LogP contribution in [0.5, 0.6) is 0 Å². The van der Waals surface area contributed by atoms with E-state index in [1.165, 1.54) is 0 Å². The zero-order valence-electron chi connectivity index (χ0n) is 8.22. The van der Waals surface area contributed by atoms with Gasteiger partial charge in [-0.15, -0.1) is 5.11 Å². The van der Waals surface area contributed by atoms with E-state index >= 15 is 0 Å². The van der Waals surface area contributed by atoms with Crippen molar-refractivity contribution in [3.63, 3.8) is 0 Å². The molecule has 1 aliphatic rings. The van der Waals surface area contributed by atoms with Crippen molar-refractivity contribution in [2.24, 2.45) is 10.2 Å². The maximum absolute atomic E-state index is 12.3. The molecule has 5 nitrogen and oxygen atoms in total. The standard InChI is InChI=1S/C9H6F3N3O2/c10-9(11,12)5-1-3-6(4-2-5)15-7(16)13-14-8(15)17/h1-4,7,16H. The minimum atomic E-state index is -4.44. The molecule has 1 aromatic rings. The van der Waals surface area contributed by atoms with E-state index in [0.717, 1.165) is 29.2 Å². The van der Waals surface area contributed by atoms with Gasteiger partial charge in [0.05, 0.1) is 11.3 Å². The molecular formula is C9H6F3N3O2. The van der Waals surface area contributed by atoms with E-state index in [1.54, 1.807) is 0 Å². The lowest BCUT2D eigenvalue weighted by Gasteiger charge is -2.17. The molecule has 8 heteroatoms. The monoisotopic (exact) mass is 245 g/mol. The van der Waals surface area contributed by atoms with Crippen LogP contribution < -0.4 is 4.90 Å². The van der Waals surface area contributed by atoms with Gasteiger partial charge in [-0.1, -0.05) is 5.11 Å². The molecule has 17 heavy (non-hydrogen) atoms. The molecule has 1 aliphatic heterocycles. The first kappa shape index (κ1) is 11.5. The Morgan fingerprint density at radius 3 is 2.24 bits per heavy atom. The van der Waals surface area contributed by atoms with E-state index in [1.807, 2.05) is 0 Å². The first-order valence-corrected chi connectivity index (χ1v) is 4.49. The molecule has 0 radical (unpaired) electrons. The first-order valence-electron chi connectivity index (χ1n) is 4.49. The number of carbonyl (C=O) groups is 1. The normalized spacial score (nSPS) is 20.1. The van der Waals surface area contributed by atoms with Gasteiger partial charge in [0.1, 0.15) is 0 Å². The fourth-order valence-electron chi connectivity index (χ4n) is 1.35. The van der Waals surface area contributed by atoms with Gasteiger partial charge < -0.3 is 5.11 Å². The minimum absolute atomic E-state index is 0.0977. The van der Waals surface area contributed by atoms with Gasteiger partial charge in [0, 0.05) is 0 Å². The summed E-state index contributed by atoms with van der Waals surface area (Å²) in [5.41, 5.74) is -0.739. The molecule has 2 amide bonds. The van der Waals surface area contributed by atoms with Crippen LogP contribution in [0.1, 0.15) is 5.56 Å². The summed E-state index contributed by atoms with van der Waals surface area (Å²) in [6.45, 7) is 0. The fraction of sp³-hybridized carbons (Fsp3) is 0.222. The molecule has 0 spiro atoms. The molecule has 0 aliphatic carbocycles. The number of carbonyl (C=O) groups excluding carboxylic acids is 1. The minimum Gasteiger partial charge on any atom is -0.353 e. The van der Waals surface area contributed by atoms with Crippen LogP contribution in [-0.2, 0) is 6.18 Å². The van der Waals surface area contributed by atoms with E-state index < -0.39 is 24.1 Å². The average molecular weight is 245 g/mol. The zero-order valence-corrected chi connectivity index (χ0v) is 8.22. The van der Waals surface area contributed by atoms with Crippen molar-refractivity contribution in [2.75, 3.05) is 4.90 Å². The van der Waals surface area contributed by atoms with Gasteiger partial charge in [0.15, 0.2) is 0 Å². The Hall–Kier alpha value is -1.96. The van der Waals surface area contributed by atoms with Crippen molar-refractivity contribution in [3.05, 3.63) is 29.8 Å². The third-order valence-electron chi connectivity index (χ3n) is 2.16. The molecule has 1 unspecified atom stereocenters. The van der Waals surface area contributed by atoms with Crippen molar-refractivity contribution in [1.29, 1.82) is 0 Å². The number of hydrogen-bond donors (Lipinski definition) is 1. The smallest absolute Gasteiger partial charge is 0.353 e. The van der Waals surface area contributed by atoms with Crippen LogP contribution in [0.2, 0.25) is 0 Å². The number of aliphatic hydroxyl groups is 1. The molecule has 2 rings (SSSR count). The van der Waals surface area contributed by atoms with Gasteiger partial charge in [0.25, 0.3) is 6.35 Å². The van der Waals surface area contributed by atoms with Crippen LogP contribution in [0.25, 0.3) is 0 Å². The first-order chi connectivity index (χ1) is 7.89. The second kappa shape index (κ2) is 3.81. The maximum atomic E-state index is 12.3. The quantitative estimate of drug-likeness (QED) is 0.825. The number of nitrogens with zero attached hydrogens (tertiary/aromatic N) is 3. The number of azo groups is 1. The Balaban J connectivity index is 2.28. The van der Waals surface area contributed by atoms with Crippen molar-refractivity contribution in [3.8, 4) is 0 Å². The highest BCUT2D eigenvalue weighted by Gasteiger charge is 2.32. The van der Waals surface area contributed by atoms with Crippen molar-refractivity contribution < 1.29 is 23.1 Å². The van der Waals surface area contributed by atoms with Crippen molar-refractivity contribution in [2.45, 2.75) is 12.5 Å². The Morgan fingerprint density at radius 2 is 1.82 bits per heavy atom. The second-order valence-corrected chi connectivity index (χ2v) is 3.26. The summed E-state index contributed by atoms with van der Waals surface area (Å²) in [5, 5.41) is 15.5. The molecule has 1 heterocycles. The summed E-state index contributed by atoms with van der Waals surface area (Å²) in [6.07, 6.45) is -5.93. The largest absolute Gasteiger partial charge is 0.416 e. The predicted octanol–water partition coefficient (Wildman–Crippen LogP) is 2.37. The third-order valence-corrected chi connectivity index (χ3v) is 2.16. The van der Waals surface area contributed by atoms with E-state index in [9.17, 15) is 23.1 Å². The van der Waals surface area contributed by atoms with E-state index in [4.69, 9.17) is 0 Å². The van der Waals surface area contributed by atoms with Crippen LogP contribution in [0.3, 0.4) is 0 Å². The van der Waals surface area contributed by atoms with E-state index in [0.29, 0.717) is 0 Å². The second-order valence-electron chi connectivity index (χ2n) is 3.26. The number of amides is 2. The summed E-state index contributed by atoms with van der Waals surface area (Å²) in [4.78, 5) is 11.9. The van der Waals surface area contributed by atoms with Crippen molar-refractivity contribution >= 4 is 11.7 Å². The SMILES string of the molecule is O=C1N=NC(O)N1c1ccc(C(F)(F)F)cc1. The van der Waals surface area contributed by atoms with Gasteiger partial charge in [-0.3, -0.25) is 0 Å². The number of rotatable bonds is 1. The molecule has 0 bridgehead atoms. The van der Waals surface area contributed by atoms with Gasteiger partial charge in [0.2, 0.25) is 0 Å². The molecule has 1 atom stereocenters. The Bertz CT molecular complexity index is 469. The summed E-state index contributed by atoms with van der Waals surface area (Å²) >= 11 is 0. The number of anilines is 1. The van der Waals surface area contributed by atoms with Crippen LogP contribution >= 0.6 is 0 Å². The van der Waals surface area contributed by atoms with Crippen LogP contribution in [0.15, 0.2) is 34.5 Å². The number of urea groups is 1. The molecule has 90 valence electrons. The number of hydrogen-bond acceptors (Lipinski definition) is 3. The average Bonchev–Trinajstić information content (AvgIpc) is 2.58. The molecular weight excluding hydrogens is 239 g/mol. The molecule has 1 aromatic carbocycles. The van der Waals surface area contributed by atoms with Crippen LogP contribution in [-0.4, -0.2) is 17.5 Å². The summed E-state index contributed by atoms with van der Waals surface area (Å²) < 4.78 is 36.8. The maximum Gasteiger partial charge on any atom is 0.416 e. The van der Waals surface area contributed by atoms with Gasteiger partial charge in [-0.2, -0.15) is 13.2 Å². The predicted molar refractivity (Wildman–Crippen MR) is 50.2 cm³/mol. The molecule has 0 saturated heterocycles. The highest BCUT2D eigenvalue weighted by molar-refractivity contribution is 5.93. The lowest BCUT2D eigenvalue weighted by atomic mass is 10.2. The third kappa shape index (κ3) is 2.11. The Kier molecular flexibility index (Phi) is 2.58. The number of halogens is 3. The zero-order chi connectivity index (χ0) is 12.6. The number of alkyl halides is 3. The lowest BCUT2D eigenvalue weighted by Crippen LogP contribution is -2.32. The van der Waals surface area contributed by atoms with Crippen LogP contribution in [0, 0.1) is 0 Å². The summed E-state index contributed by atoms with van der Waals surface area (Å²) in [7, 11) is 0. The van der Waals surface area contributed by atoms with E-state index in [2.05, 4.69) is 10.2 Å². The number of benzene rings is 1. The van der Waals surface area contributed by atoms with Gasteiger partial charge in [-0.25, -0.2) is 9.69 Å². The van der Waals surface area contributed by atoms with E-state index in [-0.39, 0.29) is 5.69 Å². The van der Waals surface area contributed by atoms with Gasteiger partial charge in [-0.05, 0) is 24.3 Å².